The van der Waals surface area contributed by atoms with E-state index in [1.807, 2.05) is 6.92 Å². The first-order chi connectivity index (χ1) is 11.7. The zero-order valence-electron chi connectivity index (χ0n) is 15.8. The number of rotatable bonds is 7. The zero-order valence-corrected chi connectivity index (χ0v) is 17.6. The van der Waals surface area contributed by atoms with E-state index in [0.717, 1.165) is 28.9 Å². The maximum absolute atomic E-state index is 12.9. The highest BCUT2D eigenvalue weighted by molar-refractivity contribution is 7.89. The smallest absolute Gasteiger partial charge is 0.243 e. The summed E-state index contributed by atoms with van der Waals surface area (Å²) in [5.74, 6) is -0.147. The summed E-state index contributed by atoms with van der Waals surface area (Å²) < 4.78 is 27.3. The summed E-state index contributed by atoms with van der Waals surface area (Å²) in [6.07, 6.45) is -0.663. The third-order valence-corrected chi connectivity index (χ3v) is 13.7. The quantitative estimate of drug-likeness (QED) is 0.735. The first kappa shape index (κ1) is 20.4. The minimum absolute atomic E-state index is 0.147. The molecule has 0 spiro atoms. The summed E-state index contributed by atoms with van der Waals surface area (Å²) in [6, 6.07) is 10.2. The summed E-state index contributed by atoms with van der Waals surface area (Å²) in [5, 5.41) is 11.7. The summed E-state index contributed by atoms with van der Waals surface area (Å²) in [5.41, 5.74) is 1.02. The Bertz CT molecular complexity index is 702. The van der Waals surface area contributed by atoms with Gasteiger partial charge in [-0.05, 0) is 19.1 Å². The fraction of sp³-hybridized carbons (Fsp3) is 0.579. The molecule has 4 nitrogen and oxygen atoms in total. The van der Waals surface area contributed by atoms with E-state index >= 15 is 0 Å². The van der Waals surface area contributed by atoms with Crippen LogP contribution in [0.5, 0.6) is 0 Å². The molecule has 25 heavy (non-hydrogen) atoms. The van der Waals surface area contributed by atoms with Crippen molar-refractivity contribution in [3.63, 3.8) is 0 Å². The minimum Gasteiger partial charge on any atom is -0.391 e. The van der Waals surface area contributed by atoms with Gasteiger partial charge in [-0.2, -0.15) is 4.31 Å². The van der Waals surface area contributed by atoms with Crippen LogP contribution in [0.25, 0.3) is 0 Å². The molecule has 1 saturated heterocycles. The van der Waals surface area contributed by atoms with E-state index in [2.05, 4.69) is 27.4 Å². The molecule has 2 rings (SSSR count). The average Bonchev–Trinajstić information content (AvgIpc) is 2.99. The van der Waals surface area contributed by atoms with Crippen molar-refractivity contribution in [1.29, 1.82) is 0 Å². The molecule has 0 amide bonds. The number of aryl methyl sites for hydroxylation is 1. The lowest BCUT2D eigenvalue weighted by molar-refractivity contribution is 0.162. The molecular weight excluding hydrogens is 350 g/mol. The highest BCUT2D eigenvalue weighted by atomic mass is 32.2. The Morgan fingerprint density at radius 1 is 1.16 bits per heavy atom. The standard InChI is InChI=1S/C19H31NO3SSi/c1-6-25(7-2,8-3)16(5)18-13-20(14-19(18)21)24(22,23)17-11-9-15(4)10-12-17/h9-12,18-19,21H,5-8,13-14H2,1-4H3. The van der Waals surface area contributed by atoms with Gasteiger partial charge in [0.05, 0.1) is 19.1 Å². The number of aliphatic hydroxyl groups is 1. The normalized spacial score (nSPS) is 22.3. The van der Waals surface area contributed by atoms with E-state index in [-0.39, 0.29) is 12.5 Å². The van der Waals surface area contributed by atoms with Crippen LogP contribution in [0.3, 0.4) is 0 Å². The Morgan fingerprint density at radius 2 is 1.68 bits per heavy atom. The van der Waals surface area contributed by atoms with E-state index in [9.17, 15) is 13.5 Å². The second-order valence-electron chi connectivity index (χ2n) is 7.18. The maximum Gasteiger partial charge on any atom is 0.243 e. The molecular formula is C19H31NO3SSi. The number of β-amino-alcohol motifs (C(OH)–C–C–N with tert-alkyl or cyclic N) is 1. The topological polar surface area (TPSA) is 57.6 Å². The second-order valence-corrected chi connectivity index (χ2v) is 14.4. The highest BCUT2D eigenvalue weighted by Gasteiger charge is 2.44. The number of benzene rings is 1. The van der Waals surface area contributed by atoms with Gasteiger partial charge >= 0.3 is 0 Å². The van der Waals surface area contributed by atoms with Gasteiger partial charge in [-0.15, -0.1) is 6.58 Å². The lowest BCUT2D eigenvalue weighted by Crippen LogP contribution is -2.40. The van der Waals surface area contributed by atoms with Crippen LogP contribution in [0.1, 0.15) is 26.3 Å². The van der Waals surface area contributed by atoms with Crippen molar-refractivity contribution in [2.45, 2.75) is 56.8 Å². The summed E-state index contributed by atoms with van der Waals surface area (Å²) in [6.45, 7) is 13.4. The predicted octanol–water partition coefficient (Wildman–Crippen LogP) is 3.58. The Labute approximate surface area is 153 Å². The summed E-state index contributed by atoms with van der Waals surface area (Å²) in [4.78, 5) is 0.293. The van der Waals surface area contributed by atoms with Crippen LogP contribution in [-0.4, -0.2) is 45.1 Å². The number of hydrogen-bond donors (Lipinski definition) is 1. The van der Waals surface area contributed by atoms with Crippen molar-refractivity contribution in [2.75, 3.05) is 13.1 Å². The first-order valence-corrected chi connectivity index (χ1v) is 13.2. The molecule has 1 heterocycles. The van der Waals surface area contributed by atoms with Gasteiger partial charge in [-0.3, -0.25) is 0 Å². The molecule has 1 aromatic rings. The lowest BCUT2D eigenvalue weighted by Gasteiger charge is -2.35. The summed E-state index contributed by atoms with van der Waals surface area (Å²) in [7, 11) is -5.25. The van der Waals surface area contributed by atoms with E-state index in [1.54, 1.807) is 24.3 Å². The fourth-order valence-corrected chi connectivity index (χ4v) is 9.39. The molecule has 1 aromatic carbocycles. The van der Waals surface area contributed by atoms with Gasteiger partial charge in [0.2, 0.25) is 10.0 Å². The van der Waals surface area contributed by atoms with Crippen LogP contribution in [0.4, 0.5) is 0 Å². The third-order valence-electron chi connectivity index (χ3n) is 6.07. The predicted molar refractivity (Wildman–Crippen MR) is 106 cm³/mol. The summed E-state index contributed by atoms with van der Waals surface area (Å²) >= 11 is 0. The Balaban J connectivity index is 2.26. The van der Waals surface area contributed by atoms with Gasteiger partial charge in [0.1, 0.15) is 0 Å². The van der Waals surface area contributed by atoms with Crippen LogP contribution in [-0.2, 0) is 10.0 Å². The van der Waals surface area contributed by atoms with Crippen LogP contribution >= 0.6 is 0 Å². The van der Waals surface area contributed by atoms with Gasteiger partial charge < -0.3 is 5.11 Å². The van der Waals surface area contributed by atoms with E-state index in [0.29, 0.717) is 11.4 Å². The lowest BCUT2D eigenvalue weighted by atomic mass is 10.1. The zero-order chi connectivity index (χ0) is 18.8. The molecule has 0 aliphatic carbocycles. The maximum atomic E-state index is 12.9. The van der Waals surface area contributed by atoms with Crippen molar-refractivity contribution in [3.8, 4) is 0 Å². The minimum atomic E-state index is -3.57. The van der Waals surface area contributed by atoms with Crippen LogP contribution in [0.15, 0.2) is 40.9 Å². The van der Waals surface area contributed by atoms with Crippen molar-refractivity contribution in [2.24, 2.45) is 5.92 Å². The highest BCUT2D eigenvalue weighted by Crippen LogP contribution is 2.37. The van der Waals surface area contributed by atoms with Gasteiger partial charge in [0.15, 0.2) is 0 Å². The van der Waals surface area contributed by atoms with Gasteiger partial charge in [-0.25, -0.2) is 8.42 Å². The van der Waals surface area contributed by atoms with Crippen LogP contribution < -0.4 is 0 Å². The number of hydrogen-bond acceptors (Lipinski definition) is 3. The molecule has 6 heteroatoms. The second kappa shape index (κ2) is 7.74. The van der Waals surface area contributed by atoms with Crippen molar-refractivity contribution in [3.05, 3.63) is 41.6 Å². The third kappa shape index (κ3) is 3.77. The molecule has 1 fully saturated rings. The molecule has 1 aliphatic rings. The molecule has 0 saturated carbocycles. The molecule has 0 radical (unpaired) electrons. The molecule has 0 bridgehead atoms. The SMILES string of the molecule is C=C(C1CN(S(=O)(=O)c2ccc(C)cc2)CC1O)[Si](CC)(CC)CC. The number of aliphatic hydroxyl groups excluding tert-OH is 1. The van der Waals surface area contributed by atoms with Crippen LogP contribution in [0, 0.1) is 12.8 Å². The molecule has 0 aromatic heterocycles. The molecule has 140 valence electrons. The Kier molecular flexibility index (Phi) is 6.30. The van der Waals surface area contributed by atoms with Gasteiger partial charge in [0, 0.05) is 19.0 Å². The van der Waals surface area contributed by atoms with E-state index < -0.39 is 24.2 Å². The largest absolute Gasteiger partial charge is 0.391 e. The number of sulfonamides is 1. The van der Waals surface area contributed by atoms with Crippen molar-refractivity contribution >= 4 is 18.1 Å². The molecule has 1 aliphatic heterocycles. The Morgan fingerprint density at radius 3 is 2.16 bits per heavy atom. The van der Waals surface area contributed by atoms with Gasteiger partial charge in [0.25, 0.3) is 0 Å². The van der Waals surface area contributed by atoms with Crippen molar-refractivity contribution < 1.29 is 13.5 Å². The van der Waals surface area contributed by atoms with Crippen LogP contribution in [0.2, 0.25) is 18.1 Å². The van der Waals surface area contributed by atoms with Crippen molar-refractivity contribution in [1.82, 2.24) is 4.31 Å². The van der Waals surface area contributed by atoms with E-state index in [1.165, 1.54) is 4.31 Å². The first-order valence-electron chi connectivity index (χ1n) is 9.16. The Hall–Kier alpha value is -0.953. The average molecular weight is 382 g/mol. The fourth-order valence-electron chi connectivity index (χ4n) is 3.97. The van der Waals surface area contributed by atoms with E-state index in [4.69, 9.17) is 0 Å². The van der Waals surface area contributed by atoms with Gasteiger partial charge in [-0.1, -0.05) is 61.8 Å². The molecule has 1 N–H and O–H groups in total. The number of nitrogens with zero attached hydrogens (tertiary/aromatic N) is 1. The monoisotopic (exact) mass is 381 g/mol. The molecule has 2 unspecified atom stereocenters. The molecule has 2 atom stereocenters.